The van der Waals surface area contributed by atoms with Crippen LogP contribution in [0.4, 0.5) is 0 Å². The van der Waals surface area contributed by atoms with Crippen LogP contribution in [-0.4, -0.2) is 62.2 Å². The summed E-state index contributed by atoms with van der Waals surface area (Å²) in [4.78, 5) is 4.99. The lowest BCUT2D eigenvalue weighted by molar-refractivity contribution is 0.104. The van der Waals surface area contributed by atoms with Crippen molar-refractivity contribution in [3.05, 3.63) is 0 Å². The van der Waals surface area contributed by atoms with E-state index in [4.69, 9.17) is 0 Å². The highest BCUT2D eigenvalue weighted by atomic mass is 15.2. The fourth-order valence-corrected chi connectivity index (χ4v) is 3.59. The summed E-state index contributed by atoms with van der Waals surface area (Å²) in [5, 5.41) is 3.70. The van der Waals surface area contributed by atoms with Crippen molar-refractivity contribution in [2.45, 2.75) is 65.5 Å². The molecule has 1 aliphatic rings. The summed E-state index contributed by atoms with van der Waals surface area (Å²) >= 11 is 0. The molecule has 1 rings (SSSR count). The zero-order chi connectivity index (χ0) is 15.2. The molecule has 0 spiro atoms. The molecule has 0 aliphatic heterocycles. The smallest absolute Gasteiger partial charge is 0.0194 e. The summed E-state index contributed by atoms with van der Waals surface area (Å²) in [6, 6.07) is 1.24. The molecule has 0 radical (unpaired) electrons. The van der Waals surface area contributed by atoms with Crippen LogP contribution in [0.25, 0.3) is 0 Å². The van der Waals surface area contributed by atoms with Crippen LogP contribution in [-0.2, 0) is 0 Å². The number of hydrogen-bond acceptors (Lipinski definition) is 3. The predicted molar refractivity (Wildman–Crippen MR) is 89.3 cm³/mol. The third-order valence-corrected chi connectivity index (χ3v) is 4.75. The molecule has 0 saturated heterocycles. The topological polar surface area (TPSA) is 18.5 Å². The van der Waals surface area contributed by atoms with Gasteiger partial charge in [0.25, 0.3) is 0 Å². The van der Waals surface area contributed by atoms with Gasteiger partial charge in [0.15, 0.2) is 0 Å². The average molecular weight is 284 g/mol. The Morgan fingerprint density at radius 1 is 1.10 bits per heavy atom. The molecule has 20 heavy (non-hydrogen) atoms. The molecule has 1 unspecified atom stereocenters. The van der Waals surface area contributed by atoms with Crippen LogP contribution >= 0.6 is 0 Å². The van der Waals surface area contributed by atoms with Crippen molar-refractivity contribution in [3.63, 3.8) is 0 Å². The van der Waals surface area contributed by atoms with Crippen molar-refractivity contribution in [2.24, 2.45) is 5.41 Å². The quantitative estimate of drug-likeness (QED) is 0.702. The second-order valence-electron chi connectivity index (χ2n) is 7.42. The highest BCUT2D eigenvalue weighted by Crippen LogP contribution is 2.38. The van der Waals surface area contributed by atoms with E-state index in [0.717, 1.165) is 6.54 Å². The molecule has 0 bridgehead atoms. The van der Waals surface area contributed by atoms with Crippen LogP contribution in [0.5, 0.6) is 0 Å². The summed E-state index contributed by atoms with van der Waals surface area (Å²) in [5.74, 6) is 0. The molecule has 0 aromatic heterocycles. The van der Waals surface area contributed by atoms with E-state index in [9.17, 15) is 0 Å². The van der Waals surface area contributed by atoms with Gasteiger partial charge >= 0.3 is 0 Å². The van der Waals surface area contributed by atoms with Gasteiger partial charge in [0.2, 0.25) is 0 Å². The summed E-state index contributed by atoms with van der Waals surface area (Å²) in [6.45, 7) is 14.0. The molecular formula is C17H37N3. The maximum atomic E-state index is 3.70. The summed E-state index contributed by atoms with van der Waals surface area (Å²) in [6.07, 6.45) is 5.63. The Morgan fingerprint density at radius 3 is 2.15 bits per heavy atom. The van der Waals surface area contributed by atoms with Crippen molar-refractivity contribution in [2.75, 3.05) is 40.3 Å². The molecule has 1 atom stereocenters. The second-order valence-corrected chi connectivity index (χ2v) is 7.42. The maximum absolute atomic E-state index is 3.70. The van der Waals surface area contributed by atoms with Crippen LogP contribution < -0.4 is 5.32 Å². The van der Waals surface area contributed by atoms with E-state index in [0.29, 0.717) is 17.5 Å². The van der Waals surface area contributed by atoms with Crippen molar-refractivity contribution in [3.8, 4) is 0 Å². The first kappa shape index (κ1) is 17.9. The molecule has 1 N–H and O–H groups in total. The lowest BCUT2D eigenvalue weighted by Gasteiger charge is -2.39. The van der Waals surface area contributed by atoms with Gasteiger partial charge in [-0.15, -0.1) is 0 Å². The molecule has 3 heteroatoms. The van der Waals surface area contributed by atoms with Crippen LogP contribution in [0.2, 0.25) is 0 Å². The Morgan fingerprint density at radius 2 is 1.70 bits per heavy atom. The highest BCUT2D eigenvalue weighted by Gasteiger charge is 2.36. The van der Waals surface area contributed by atoms with Gasteiger partial charge in [-0.1, -0.05) is 33.6 Å². The Kier molecular flexibility index (Phi) is 7.49. The summed E-state index contributed by atoms with van der Waals surface area (Å²) in [7, 11) is 4.35. The molecular weight excluding hydrogens is 246 g/mol. The molecule has 3 nitrogen and oxygen atoms in total. The van der Waals surface area contributed by atoms with E-state index < -0.39 is 0 Å². The monoisotopic (exact) mass is 283 g/mol. The number of nitrogens with zero attached hydrogens (tertiary/aromatic N) is 2. The average Bonchev–Trinajstić information content (AvgIpc) is 2.82. The minimum Gasteiger partial charge on any atom is -0.314 e. The van der Waals surface area contributed by atoms with Gasteiger partial charge in [0.1, 0.15) is 0 Å². The Bertz CT molecular complexity index is 257. The largest absolute Gasteiger partial charge is 0.314 e. The van der Waals surface area contributed by atoms with Crippen molar-refractivity contribution >= 4 is 0 Å². The molecule has 1 aliphatic carbocycles. The van der Waals surface area contributed by atoms with Crippen molar-refractivity contribution in [1.29, 1.82) is 0 Å². The number of hydrogen-bond donors (Lipinski definition) is 1. The zero-order valence-corrected chi connectivity index (χ0v) is 14.7. The summed E-state index contributed by atoms with van der Waals surface area (Å²) in [5.41, 5.74) is 0.515. The van der Waals surface area contributed by atoms with Gasteiger partial charge in [-0.25, -0.2) is 0 Å². The fraction of sp³-hybridized carbons (Fsp3) is 1.00. The third-order valence-electron chi connectivity index (χ3n) is 4.75. The van der Waals surface area contributed by atoms with E-state index in [2.05, 4.69) is 56.9 Å². The van der Waals surface area contributed by atoms with Gasteiger partial charge in [-0.2, -0.15) is 0 Å². The third kappa shape index (κ3) is 5.71. The number of nitrogens with one attached hydrogen (secondary N) is 1. The predicted octanol–water partition coefficient (Wildman–Crippen LogP) is 2.82. The van der Waals surface area contributed by atoms with Gasteiger partial charge in [-0.05, 0) is 45.8 Å². The lowest BCUT2D eigenvalue weighted by Crippen LogP contribution is -2.49. The number of rotatable bonds is 9. The Balaban J connectivity index is 2.62. The lowest BCUT2D eigenvalue weighted by atomic mass is 9.84. The van der Waals surface area contributed by atoms with Crippen LogP contribution in [0.15, 0.2) is 0 Å². The minimum absolute atomic E-state index is 0.515. The van der Waals surface area contributed by atoms with Crippen molar-refractivity contribution < 1.29 is 0 Å². The fourth-order valence-electron chi connectivity index (χ4n) is 3.59. The first-order valence-corrected chi connectivity index (χ1v) is 8.51. The molecule has 0 aromatic carbocycles. The van der Waals surface area contributed by atoms with E-state index in [-0.39, 0.29) is 0 Å². The van der Waals surface area contributed by atoms with E-state index in [1.807, 2.05) is 0 Å². The molecule has 1 fully saturated rings. The normalized spacial score (nSPS) is 20.2. The molecule has 0 aromatic rings. The molecule has 1 saturated carbocycles. The molecule has 120 valence electrons. The van der Waals surface area contributed by atoms with Crippen LogP contribution in [0.1, 0.15) is 53.4 Å². The number of likely N-dealkylation sites (N-methyl/N-ethyl adjacent to an activating group) is 2. The first-order chi connectivity index (χ1) is 9.38. The Hall–Kier alpha value is -0.120. The first-order valence-electron chi connectivity index (χ1n) is 8.51. The van der Waals surface area contributed by atoms with Crippen LogP contribution in [0, 0.1) is 5.41 Å². The van der Waals surface area contributed by atoms with E-state index in [1.165, 1.54) is 45.3 Å². The highest BCUT2D eigenvalue weighted by molar-refractivity contribution is 4.91. The molecule has 0 amide bonds. The summed E-state index contributed by atoms with van der Waals surface area (Å²) < 4.78 is 0. The van der Waals surface area contributed by atoms with Gasteiger partial charge in [-0.3, -0.25) is 4.90 Å². The van der Waals surface area contributed by atoms with Crippen LogP contribution in [0.3, 0.4) is 0 Å². The Labute approximate surface area is 127 Å². The zero-order valence-electron chi connectivity index (χ0n) is 14.7. The van der Waals surface area contributed by atoms with Gasteiger partial charge < -0.3 is 10.2 Å². The second kappa shape index (κ2) is 8.35. The van der Waals surface area contributed by atoms with Gasteiger partial charge in [0, 0.05) is 31.7 Å². The SMILES string of the molecule is CCN(CC1(CNC(C)C)CCCC1)C(C)CN(C)C. The minimum atomic E-state index is 0.515. The maximum Gasteiger partial charge on any atom is 0.0194 e. The van der Waals surface area contributed by atoms with Gasteiger partial charge in [0.05, 0.1) is 0 Å². The molecule has 0 heterocycles. The standard InChI is InChI=1S/C17H37N3/c1-7-20(16(4)12-19(5)6)14-17(10-8-9-11-17)13-18-15(2)3/h15-16,18H,7-14H2,1-6H3. The van der Waals surface area contributed by atoms with E-state index >= 15 is 0 Å². The van der Waals surface area contributed by atoms with E-state index in [1.54, 1.807) is 0 Å². The van der Waals surface area contributed by atoms with Crippen molar-refractivity contribution in [1.82, 2.24) is 15.1 Å².